The number of aryl methyl sites for hydroxylation is 1. The predicted molar refractivity (Wildman–Crippen MR) is 114 cm³/mol. The first kappa shape index (κ1) is 23.1. The van der Waals surface area contributed by atoms with Crippen molar-refractivity contribution in [1.29, 1.82) is 0 Å². The topological polar surface area (TPSA) is 103 Å². The second-order valence-corrected chi connectivity index (χ2v) is 8.35. The van der Waals surface area contributed by atoms with Gasteiger partial charge in [-0.2, -0.15) is 13.2 Å². The van der Waals surface area contributed by atoms with Gasteiger partial charge in [-0.3, -0.25) is 4.90 Å². The number of carbonyl (C=O) groups is 1. The summed E-state index contributed by atoms with van der Waals surface area (Å²) < 4.78 is 50.5. The lowest BCUT2D eigenvalue weighted by atomic mass is 10.0. The molecule has 1 atom stereocenters. The van der Waals surface area contributed by atoms with Gasteiger partial charge in [0, 0.05) is 24.1 Å². The molecule has 1 aromatic heterocycles. The molecule has 2 aromatic rings. The Hall–Kier alpha value is -3.08. The van der Waals surface area contributed by atoms with E-state index >= 15 is 0 Å². The number of aromatic nitrogens is 2. The van der Waals surface area contributed by atoms with Gasteiger partial charge in [-0.1, -0.05) is 0 Å². The minimum atomic E-state index is -4.50. The Bertz CT molecular complexity index is 1040. The summed E-state index contributed by atoms with van der Waals surface area (Å²) in [6.07, 6.45) is -3.78. The summed E-state index contributed by atoms with van der Waals surface area (Å²) in [7, 11) is 0. The highest BCUT2D eigenvalue weighted by molar-refractivity contribution is 5.70. The molecule has 33 heavy (non-hydrogen) atoms. The average molecular weight is 465 g/mol. The second kappa shape index (κ2) is 9.05. The molecule has 1 aromatic carbocycles. The SMILES string of the molecule is Cc1nc2c(c(N[C@H](C)c3cc(N)cc(C(F)(F)F)c3)n1)CN(C(=O)OC1CCOCC1)C2. The summed E-state index contributed by atoms with van der Waals surface area (Å²) in [6.45, 7) is 5.10. The molecule has 1 amide bonds. The zero-order valence-corrected chi connectivity index (χ0v) is 18.4. The van der Waals surface area contributed by atoms with Crippen molar-refractivity contribution >= 4 is 17.6 Å². The highest BCUT2D eigenvalue weighted by atomic mass is 19.4. The third-order valence-corrected chi connectivity index (χ3v) is 5.75. The molecule has 0 unspecified atom stereocenters. The number of nitrogens with zero attached hydrogens (tertiary/aromatic N) is 3. The number of nitrogens with two attached hydrogens (primary N) is 1. The van der Waals surface area contributed by atoms with E-state index in [4.69, 9.17) is 15.2 Å². The van der Waals surface area contributed by atoms with Crippen molar-refractivity contribution in [2.24, 2.45) is 0 Å². The van der Waals surface area contributed by atoms with Crippen LogP contribution in [0, 0.1) is 6.92 Å². The lowest BCUT2D eigenvalue weighted by Gasteiger charge is -2.25. The summed E-state index contributed by atoms with van der Waals surface area (Å²) in [4.78, 5) is 23.1. The molecule has 0 spiro atoms. The number of halogens is 3. The molecular weight excluding hydrogens is 439 g/mol. The van der Waals surface area contributed by atoms with Gasteiger partial charge < -0.3 is 20.5 Å². The zero-order valence-electron chi connectivity index (χ0n) is 18.4. The first-order valence-corrected chi connectivity index (χ1v) is 10.7. The van der Waals surface area contributed by atoms with Gasteiger partial charge in [0.1, 0.15) is 17.7 Å². The zero-order chi connectivity index (χ0) is 23.8. The van der Waals surface area contributed by atoms with E-state index in [0.717, 1.165) is 17.7 Å². The molecule has 11 heteroatoms. The molecule has 178 valence electrons. The highest BCUT2D eigenvalue weighted by Gasteiger charge is 2.33. The average Bonchev–Trinajstić information content (AvgIpc) is 3.18. The number of rotatable bonds is 4. The minimum Gasteiger partial charge on any atom is -0.446 e. The van der Waals surface area contributed by atoms with Crippen LogP contribution in [0.2, 0.25) is 0 Å². The molecule has 0 aliphatic carbocycles. The van der Waals surface area contributed by atoms with Crippen LogP contribution in [0.1, 0.15) is 54.0 Å². The molecule has 8 nitrogen and oxygen atoms in total. The van der Waals surface area contributed by atoms with Crippen molar-refractivity contribution in [2.45, 2.75) is 58.1 Å². The van der Waals surface area contributed by atoms with E-state index in [-0.39, 0.29) is 24.9 Å². The molecule has 2 aliphatic rings. The maximum absolute atomic E-state index is 13.2. The minimum absolute atomic E-state index is 0.0274. The number of carbonyl (C=O) groups excluding carboxylic acids is 1. The van der Waals surface area contributed by atoms with E-state index in [9.17, 15) is 18.0 Å². The Morgan fingerprint density at radius 3 is 2.67 bits per heavy atom. The Morgan fingerprint density at radius 1 is 1.24 bits per heavy atom. The number of hydrogen-bond acceptors (Lipinski definition) is 7. The standard InChI is InChI=1S/C22H26F3N5O3/c1-12(14-7-15(22(23,24)25)9-16(26)8-14)27-20-18-10-30(11-19(18)28-13(2)29-20)21(31)33-17-3-5-32-6-4-17/h7-9,12,17H,3-6,10-11,26H2,1-2H3,(H,27,28,29)/t12-/m1/s1. The smallest absolute Gasteiger partial charge is 0.416 e. The molecular formula is C22H26F3N5O3. The molecule has 2 aliphatic heterocycles. The number of amides is 1. The van der Waals surface area contributed by atoms with Crippen molar-refractivity contribution in [2.75, 3.05) is 24.3 Å². The van der Waals surface area contributed by atoms with Gasteiger partial charge in [-0.25, -0.2) is 14.8 Å². The highest BCUT2D eigenvalue weighted by Crippen LogP contribution is 2.34. The van der Waals surface area contributed by atoms with Crippen LogP contribution < -0.4 is 11.1 Å². The number of anilines is 2. The number of hydrogen-bond donors (Lipinski definition) is 2. The summed E-state index contributed by atoms with van der Waals surface area (Å²) in [5.74, 6) is 0.967. The van der Waals surface area contributed by atoms with Crippen LogP contribution >= 0.6 is 0 Å². The Balaban J connectivity index is 1.51. The lowest BCUT2D eigenvalue weighted by molar-refractivity contribution is -0.137. The Kier molecular flexibility index (Phi) is 6.33. The van der Waals surface area contributed by atoms with E-state index in [1.165, 1.54) is 6.07 Å². The van der Waals surface area contributed by atoms with E-state index in [1.54, 1.807) is 18.7 Å². The number of nitrogen functional groups attached to an aromatic ring is 1. The summed E-state index contributed by atoms with van der Waals surface area (Å²) in [5, 5.41) is 3.18. The van der Waals surface area contributed by atoms with Crippen LogP contribution in [0.15, 0.2) is 18.2 Å². The van der Waals surface area contributed by atoms with Crippen LogP contribution in [0.25, 0.3) is 0 Å². The monoisotopic (exact) mass is 465 g/mol. The van der Waals surface area contributed by atoms with Crippen LogP contribution in [0.5, 0.6) is 0 Å². The molecule has 0 radical (unpaired) electrons. The first-order valence-electron chi connectivity index (χ1n) is 10.7. The third-order valence-electron chi connectivity index (χ3n) is 5.75. The van der Waals surface area contributed by atoms with Gasteiger partial charge in [0.05, 0.1) is 43.6 Å². The molecule has 0 bridgehead atoms. The van der Waals surface area contributed by atoms with Crippen molar-refractivity contribution < 1.29 is 27.4 Å². The van der Waals surface area contributed by atoms with Crippen molar-refractivity contribution in [3.63, 3.8) is 0 Å². The second-order valence-electron chi connectivity index (χ2n) is 8.35. The number of nitrogens with one attached hydrogen (secondary N) is 1. The molecule has 4 rings (SSSR count). The van der Waals surface area contributed by atoms with Gasteiger partial charge in [-0.05, 0) is 37.6 Å². The Labute approximate surface area is 189 Å². The van der Waals surface area contributed by atoms with E-state index in [0.29, 0.717) is 49.0 Å². The van der Waals surface area contributed by atoms with Gasteiger partial charge in [0.2, 0.25) is 0 Å². The quantitative estimate of drug-likeness (QED) is 0.653. The fourth-order valence-electron chi connectivity index (χ4n) is 4.02. The number of ether oxygens (including phenoxy) is 2. The van der Waals surface area contributed by atoms with Crippen molar-refractivity contribution in [3.8, 4) is 0 Å². The number of alkyl halides is 3. The van der Waals surface area contributed by atoms with Gasteiger partial charge >= 0.3 is 12.3 Å². The van der Waals surface area contributed by atoms with Crippen LogP contribution in [0.4, 0.5) is 29.5 Å². The number of fused-ring (bicyclic) bond motifs is 1. The van der Waals surface area contributed by atoms with Gasteiger partial charge in [0.15, 0.2) is 0 Å². The van der Waals surface area contributed by atoms with Crippen molar-refractivity contribution in [3.05, 3.63) is 46.4 Å². The van der Waals surface area contributed by atoms with Gasteiger partial charge in [0.25, 0.3) is 0 Å². The van der Waals surface area contributed by atoms with Gasteiger partial charge in [-0.15, -0.1) is 0 Å². The Morgan fingerprint density at radius 2 is 1.97 bits per heavy atom. The molecule has 1 saturated heterocycles. The molecule has 1 fully saturated rings. The maximum Gasteiger partial charge on any atom is 0.416 e. The van der Waals surface area contributed by atoms with E-state index in [1.807, 2.05) is 0 Å². The first-order chi connectivity index (χ1) is 15.6. The number of benzene rings is 1. The molecule has 3 heterocycles. The predicted octanol–water partition coefficient (Wildman–Crippen LogP) is 4.19. The summed E-state index contributed by atoms with van der Waals surface area (Å²) in [6, 6.07) is 2.96. The summed E-state index contributed by atoms with van der Waals surface area (Å²) >= 11 is 0. The van der Waals surface area contributed by atoms with Crippen LogP contribution in [-0.2, 0) is 28.7 Å². The third kappa shape index (κ3) is 5.29. The van der Waals surface area contributed by atoms with Crippen LogP contribution in [0.3, 0.4) is 0 Å². The lowest BCUT2D eigenvalue weighted by Crippen LogP contribution is -2.33. The van der Waals surface area contributed by atoms with Crippen molar-refractivity contribution in [1.82, 2.24) is 14.9 Å². The molecule has 0 saturated carbocycles. The normalized spacial score (nSPS) is 17.5. The largest absolute Gasteiger partial charge is 0.446 e. The fourth-order valence-corrected chi connectivity index (χ4v) is 4.02. The molecule has 3 N–H and O–H groups in total. The van der Waals surface area contributed by atoms with E-state index < -0.39 is 23.9 Å². The maximum atomic E-state index is 13.2. The van der Waals surface area contributed by atoms with E-state index in [2.05, 4.69) is 15.3 Å². The summed E-state index contributed by atoms with van der Waals surface area (Å²) in [5.41, 5.74) is 6.71. The fraction of sp³-hybridized carbons (Fsp3) is 0.500. The van der Waals surface area contributed by atoms with Crippen LogP contribution in [-0.4, -0.2) is 40.3 Å².